The third-order valence-corrected chi connectivity index (χ3v) is 1.48. The quantitative estimate of drug-likeness (QED) is 0.657. The molecule has 0 unspecified atom stereocenters. The van der Waals surface area contributed by atoms with Gasteiger partial charge in [-0.05, 0) is 18.6 Å². The van der Waals surface area contributed by atoms with Crippen LogP contribution in [0.15, 0.2) is 12.3 Å². The van der Waals surface area contributed by atoms with E-state index in [4.69, 9.17) is 0 Å². The molecule has 0 saturated heterocycles. The summed E-state index contributed by atoms with van der Waals surface area (Å²) < 4.78 is 0. The van der Waals surface area contributed by atoms with Gasteiger partial charge in [-0.2, -0.15) is 0 Å². The SMILES string of the molecule is CNc1ncc(C)cc1NC=O. The van der Waals surface area contributed by atoms with E-state index in [1.54, 1.807) is 13.2 Å². The highest BCUT2D eigenvalue weighted by Gasteiger charge is 1.99. The van der Waals surface area contributed by atoms with E-state index in [0.717, 1.165) is 5.56 Å². The number of anilines is 2. The molecule has 0 fully saturated rings. The Hall–Kier alpha value is -1.58. The first-order valence-electron chi connectivity index (χ1n) is 3.62. The standard InChI is InChI=1S/C8H11N3O/c1-6-3-7(11-5-12)8(9-2)10-4-6/h3-5H,1-2H3,(H,9,10)(H,11,12). The maximum atomic E-state index is 10.2. The van der Waals surface area contributed by atoms with Crippen molar-refractivity contribution in [3.8, 4) is 0 Å². The van der Waals surface area contributed by atoms with Crippen molar-refractivity contribution in [3.05, 3.63) is 17.8 Å². The first-order valence-corrected chi connectivity index (χ1v) is 3.62. The third-order valence-electron chi connectivity index (χ3n) is 1.48. The lowest BCUT2D eigenvalue weighted by molar-refractivity contribution is -0.105. The van der Waals surface area contributed by atoms with Gasteiger partial charge in [0.05, 0.1) is 5.69 Å². The van der Waals surface area contributed by atoms with Crippen LogP contribution >= 0.6 is 0 Å². The van der Waals surface area contributed by atoms with E-state index in [2.05, 4.69) is 15.6 Å². The zero-order chi connectivity index (χ0) is 8.97. The lowest BCUT2D eigenvalue weighted by Crippen LogP contribution is -2.01. The van der Waals surface area contributed by atoms with Crippen LogP contribution in [0.25, 0.3) is 0 Å². The molecule has 1 rings (SSSR count). The molecule has 0 radical (unpaired) electrons. The molecule has 0 aliphatic carbocycles. The average molecular weight is 165 g/mol. The van der Waals surface area contributed by atoms with E-state index in [0.29, 0.717) is 17.9 Å². The van der Waals surface area contributed by atoms with E-state index in [1.807, 2.05) is 13.0 Å². The summed E-state index contributed by atoms with van der Waals surface area (Å²) in [5.41, 5.74) is 1.71. The van der Waals surface area contributed by atoms with Gasteiger partial charge in [-0.3, -0.25) is 4.79 Å². The topological polar surface area (TPSA) is 54.0 Å². The molecule has 0 aliphatic heterocycles. The van der Waals surface area contributed by atoms with E-state index in [-0.39, 0.29) is 0 Å². The highest BCUT2D eigenvalue weighted by Crippen LogP contribution is 2.17. The lowest BCUT2D eigenvalue weighted by Gasteiger charge is -2.06. The minimum atomic E-state index is 0.636. The Balaban J connectivity index is 3.03. The van der Waals surface area contributed by atoms with Crippen molar-refractivity contribution < 1.29 is 4.79 Å². The van der Waals surface area contributed by atoms with Crippen LogP contribution in [0, 0.1) is 6.92 Å². The Morgan fingerprint density at radius 3 is 2.92 bits per heavy atom. The number of nitrogens with one attached hydrogen (secondary N) is 2. The molecule has 0 aromatic carbocycles. The number of aromatic nitrogens is 1. The predicted molar refractivity (Wildman–Crippen MR) is 48.2 cm³/mol. The molecule has 1 aromatic rings. The van der Waals surface area contributed by atoms with Crippen LogP contribution in [-0.4, -0.2) is 18.4 Å². The molecule has 4 nitrogen and oxygen atoms in total. The summed E-state index contributed by atoms with van der Waals surface area (Å²) in [6.45, 7) is 1.92. The summed E-state index contributed by atoms with van der Waals surface area (Å²) in [7, 11) is 1.76. The third kappa shape index (κ3) is 1.72. The molecular formula is C8H11N3O. The number of rotatable bonds is 3. The van der Waals surface area contributed by atoms with E-state index < -0.39 is 0 Å². The Morgan fingerprint density at radius 2 is 2.33 bits per heavy atom. The van der Waals surface area contributed by atoms with Crippen molar-refractivity contribution in [1.29, 1.82) is 0 Å². The fourth-order valence-corrected chi connectivity index (χ4v) is 0.942. The highest BCUT2D eigenvalue weighted by atomic mass is 16.1. The van der Waals surface area contributed by atoms with Crippen molar-refractivity contribution in [3.63, 3.8) is 0 Å². The van der Waals surface area contributed by atoms with Gasteiger partial charge in [-0.15, -0.1) is 0 Å². The number of amides is 1. The number of pyridine rings is 1. The smallest absolute Gasteiger partial charge is 0.211 e. The molecule has 12 heavy (non-hydrogen) atoms. The summed E-state index contributed by atoms with van der Waals surface area (Å²) in [4.78, 5) is 14.3. The summed E-state index contributed by atoms with van der Waals surface area (Å²) in [6, 6.07) is 1.85. The molecular weight excluding hydrogens is 154 g/mol. The molecule has 64 valence electrons. The largest absolute Gasteiger partial charge is 0.371 e. The number of aryl methyl sites for hydroxylation is 1. The predicted octanol–water partition coefficient (Wildman–Crippen LogP) is 1.00. The molecule has 1 heterocycles. The Labute approximate surface area is 71.0 Å². The Morgan fingerprint density at radius 1 is 1.58 bits per heavy atom. The number of carbonyl (C=O) groups is 1. The molecule has 2 N–H and O–H groups in total. The molecule has 1 amide bonds. The summed E-state index contributed by atoms with van der Waals surface area (Å²) in [5.74, 6) is 0.674. The number of hydrogen-bond donors (Lipinski definition) is 2. The summed E-state index contributed by atoms with van der Waals surface area (Å²) in [5, 5.41) is 5.44. The molecule has 4 heteroatoms. The van der Waals surface area contributed by atoms with Crippen LogP contribution in [-0.2, 0) is 4.79 Å². The van der Waals surface area contributed by atoms with Crippen LogP contribution in [0.1, 0.15) is 5.56 Å². The van der Waals surface area contributed by atoms with Gasteiger partial charge in [-0.25, -0.2) is 4.98 Å². The van der Waals surface area contributed by atoms with Gasteiger partial charge in [0.15, 0.2) is 0 Å². The minimum Gasteiger partial charge on any atom is -0.371 e. The molecule has 0 atom stereocenters. The summed E-state index contributed by atoms with van der Waals surface area (Å²) in [6.07, 6.45) is 2.37. The van der Waals surface area contributed by atoms with Crippen molar-refractivity contribution in [2.75, 3.05) is 17.7 Å². The molecule has 0 aliphatic rings. The van der Waals surface area contributed by atoms with Crippen LogP contribution in [0.2, 0.25) is 0 Å². The normalized spacial score (nSPS) is 9.17. The molecule has 0 saturated carbocycles. The highest BCUT2D eigenvalue weighted by molar-refractivity contribution is 5.78. The Kier molecular flexibility index (Phi) is 2.63. The second-order valence-electron chi connectivity index (χ2n) is 2.42. The van der Waals surface area contributed by atoms with Gasteiger partial charge in [0.2, 0.25) is 6.41 Å². The minimum absolute atomic E-state index is 0.636. The van der Waals surface area contributed by atoms with Gasteiger partial charge >= 0.3 is 0 Å². The van der Waals surface area contributed by atoms with E-state index in [1.165, 1.54) is 0 Å². The van der Waals surface area contributed by atoms with Gasteiger partial charge in [0.25, 0.3) is 0 Å². The van der Waals surface area contributed by atoms with Gasteiger partial charge < -0.3 is 10.6 Å². The van der Waals surface area contributed by atoms with Crippen LogP contribution in [0.4, 0.5) is 11.5 Å². The van der Waals surface area contributed by atoms with Crippen molar-refractivity contribution >= 4 is 17.9 Å². The fourth-order valence-electron chi connectivity index (χ4n) is 0.942. The van der Waals surface area contributed by atoms with Crippen LogP contribution in [0.3, 0.4) is 0 Å². The summed E-state index contributed by atoms with van der Waals surface area (Å²) >= 11 is 0. The molecule has 0 bridgehead atoms. The van der Waals surface area contributed by atoms with Gasteiger partial charge in [0.1, 0.15) is 5.82 Å². The van der Waals surface area contributed by atoms with Crippen molar-refractivity contribution in [1.82, 2.24) is 4.98 Å². The number of carbonyl (C=O) groups excluding carboxylic acids is 1. The first kappa shape index (κ1) is 8.52. The van der Waals surface area contributed by atoms with Gasteiger partial charge in [-0.1, -0.05) is 0 Å². The Bertz CT molecular complexity index is 286. The number of hydrogen-bond acceptors (Lipinski definition) is 3. The van der Waals surface area contributed by atoms with Gasteiger partial charge in [0, 0.05) is 13.2 Å². The monoisotopic (exact) mass is 165 g/mol. The average Bonchev–Trinajstić information content (AvgIpc) is 2.05. The lowest BCUT2D eigenvalue weighted by atomic mass is 10.3. The maximum absolute atomic E-state index is 10.2. The van der Waals surface area contributed by atoms with Crippen LogP contribution < -0.4 is 10.6 Å². The number of nitrogens with zero attached hydrogens (tertiary/aromatic N) is 1. The van der Waals surface area contributed by atoms with E-state index in [9.17, 15) is 4.79 Å². The zero-order valence-electron chi connectivity index (χ0n) is 7.09. The first-order chi connectivity index (χ1) is 5.77. The zero-order valence-corrected chi connectivity index (χ0v) is 7.09. The second-order valence-corrected chi connectivity index (χ2v) is 2.42. The second kappa shape index (κ2) is 3.71. The maximum Gasteiger partial charge on any atom is 0.211 e. The van der Waals surface area contributed by atoms with E-state index >= 15 is 0 Å². The fraction of sp³-hybridized carbons (Fsp3) is 0.250. The molecule has 1 aromatic heterocycles. The van der Waals surface area contributed by atoms with Crippen molar-refractivity contribution in [2.24, 2.45) is 0 Å². The van der Waals surface area contributed by atoms with Crippen molar-refractivity contribution in [2.45, 2.75) is 6.92 Å². The van der Waals surface area contributed by atoms with Crippen LogP contribution in [0.5, 0.6) is 0 Å². The molecule has 0 spiro atoms.